The molecule has 29 heavy (non-hydrogen) atoms. The maximum Gasteiger partial charge on any atom is 0.313 e. The van der Waals surface area contributed by atoms with Crippen molar-refractivity contribution in [3.05, 3.63) is 52.8 Å². The Kier molecular flexibility index (Phi) is 7.34. The third kappa shape index (κ3) is 5.61. The van der Waals surface area contributed by atoms with E-state index in [1.165, 1.54) is 12.8 Å². The van der Waals surface area contributed by atoms with Crippen molar-refractivity contribution in [2.75, 3.05) is 25.0 Å². The molecule has 2 aromatic rings. The molecule has 1 fully saturated rings. The summed E-state index contributed by atoms with van der Waals surface area (Å²) >= 11 is 5.99. The van der Waals surface area contributed by atoms with Crippen LogP contribution in [0.4, 0.5) is 5.69 Å². The highest BCUT2D eigenvalue weighted by Gasteiger charge is 2.25. The van der Waals surface area contributed by atoms with Gasteiger partial charge in [0.1, 0.15) is 0 Å². The standard InChI is InChI=1S/C22H29ClN4O2/c1-16-9-10-17(23)14-18(16)25-22(29)21(28)24-15-20(19-8-7-11-26(19)2)27-12-5-3-4-6-13-27/h7-11,14,20H,3-6,12-13,15H2,1-2H3,(H,24,28)(H,25,29). The van der Waals surface area contributed by atoms with E-state index >= 15 is 0 Å². The average Bonchev–Trinajstić information content (AvgIpc) is 2.94. The van der Waals surface area contributed by atoms with Crippen molar-refractivity contribution in [3.8, 4) is 0 Å². The summed E-state index contributed by atoms with van der Waals surface area (Å²) in [7, 11) is 2.01. The van der Waals surface area contributed by atoms with E-state index in [-0.39, 0.29) is 6.04 Å². The Morgan fingerprint density at radius 2 is 1.83 bits per heavy atom. The first-order valence-electron chi connectivity index (χ1n) is 10.2. The largest absolute Gasteiger partial charge is 0.353 e. The molecule has 1 aromatic carbocycles. The van der Waals surface area contributed by atoms with E-state index in [0.29, 0.717) is 17.3 Å². The van der Waals surface area contributed by atoms with E-state index in [0.717, 1.165) is 37.2 Å². The Morgan fingerprint density at radius 3 is 2.48 bits per heavy atom. The van der Waals surface area contributed by atoms with Crippen LogP contribution in [-0.2, 0) is 16.6 Å². The fraction of sp³-hybridized carbons (Fsp3) is 0.455. The van der Waals surface area contributed by atoms with Crippen LogP contribution >= 0.6 is 11.6 Å². The summed E-state index contributed by atoms with van der Waals surface area (Å²) in [4.78, 5) is 27.3. The molecule has 0 bridgehead atoms. The first-order valence-corrected chi connectivity index (χ1v) is 10.5. The molecule has 0 aliphatic carbocycles. The number of carbonyl (C=O) groups is 2. The number of benzene rings is 1. The van der Waals surface area contributed by atoms with Gasteiger partial charge in [0.05, 0.1) is 6.04 Å². The van der Waals surface area contributed by atoms with Crippen molar-refractivity contribution in [2.24, 2.45) is 7.05 Å². The number of nitrogens with zero attached hydrogens (tertiary/aromatic N) is 2. The molecule has 0 saturated carbocycles. The highest BCUT2D eigenvalue weighted by Crippen LogP contribution is 2.24. The fourth-order valence-electron chi connectivity index (χ4n) is 3.83. The number of hydrogen-bond acceptors (Lipinski definition) is 3. The summed E-state index contributed by atoms with van der Waals surface area (Å²) in [6.07, 6.45) is 6.80. The number of rotatable bonds is 5. The number of anilines is 1. The molecule has 3 rings (SSSR count). The van der Waals surface area contributed by atoms with Crippen LogP contribution in [-0.4, -0.2) is 40.9 Å². The molecule has 0 radical (unpaired) electrons. The second-order valence-corrected chi connectivity index (χ2v) is 8.07. The molecule has 6 nitrogen and oxygen atoms in total. The van der Waals surface area contributed by atoms with Crippen LogP contribution in [0.5, 0.6) is 0 Å². The van der Waals surface area contributed by atoms with Crippen molar-refractivity contribution >= 4 is 29.1 Å². The molecule has 156 valence electrons. The quantitative estimate of drug-likeness (QED) is 0.731. The van der Waals surface area contributed by atoms with Gasteiger partial charge < -0.3 is 15.2 Å². The second kappa shape index (κ2) is 9.94. The minimum atomic E-state index is -0.683. The minimum Gasteiger partial charge on any atom is -0.353 e. The van der Waals surface area contributed by atoms with E-state index in [2.05, 4.69) is 26.2 Å². The lowest BCUT2D eigenvalue weighted by Crippen LogP contribution is -2.43. The van der Waals surface area contributed by atoms with E-state index in [4.69, 9.17) is 11.6 Å². The summed E-state index contributed by atoms with van der Waals surface area (Å²) < 4.78 is 2.08. The first-order chi connectivity index (χ1) is 14.0. The molecule has 1 unspecified atom stereocenters. The average molecular weight is 417 g/mol. The smallest absolute Gasteiger partial charge is 0.313 e. The van der Waals surface area contributed by atoms with Gasteiger partial charge in [-0.1, -0.05) is 30.5 Å². The van der Waals surface area contributed by atoms with Crippen LogP contribution in [0.1, 0.15) is 43.0 Å². The summed E-state index contributed by atoms with van der Waals surface area (Å²) in [5.74, 6) is -1.32. The van der Waals surface area contributed by atoms with Gasteiger partial charge in [-0.2, -0.15) is 0 Å². The van der Waals surface area contributed by atoms with Gasteiger partial charge in [0.25, 0.3) is 0 Å². The van der Waals surface area contributed by atoms with E-state index in [1.54, 1.807) is 18.2 Å². The Balaban J connectivity index is 1.66. The monoisotopic (exact) mass is 416 g/mol. The summed E-state index contributed by atoms with van der Waals surface area (Å²) in [5, 5.41) is 6.00. The molecular formula is C22H29ClN4O2. The lowest BCUT2D eigenvalue weighted by molar-refractivity contribution is -0.136. The van der Waals surface area contributed by atoms with Crippen molar-refractivity contribution < 1.29 is 9.59 Å². The Labute approximate surface area is 177 Å². The maximum atomic E-state index is 12.5. The van der Waals surface area contributed by atoms with Gasteiger partial charge >= 0.3 is 11.8 Å². The topological polar surface area (TPSA) is 66.4 Å². The first kappa shape index (κ1) is 21.4. The number of hydrogen-bond donors (Lipinski definition) is 2. The highest BCUT2D eigenvalue weighted by atomic mass is 35.5. The van der Waals surface area contributed by atoms with E-state index in [9.17, 15) is 9.59 Å². The van der Waals surface area contributed by atoms with Gasteiger partial charge in [-0.25, -0.2) is 0 Å². The number of likely N-dealkylation sites (tertiary alicyclic amines) is 1. The van der Waals surface area contributed by atoms with Crippen LogP contribution in [0.25, 0.3) is 0 Å². The molecule has 1 saturated heterocycles. The van der Waals surface area contributed by atoms with Crippen molar-refractivity contribution in [1.82, 2.24) is 14.8 Å². The Bertz CT molecular complexity index is 856. The molecule has 7 heteroatoms. The lowest BCUT2D eigenvalue weighted by Gasteiger charge is -2.31. The molecule has 2 N–H and O–H groups in total. The molecular weight excluding hydrogens is 388 g/mol. The van der Waals surface area contributed by atoms with Crippen LogP contribution in [0, 0.1) is 6.92 Å². The summed E-state index contributed by atoms with van der Waals surface area (Å²) in [6.45, 7) is 4.24. The Morgan fingerprint density at radius 1 is 1.10 bits per heavy atom. The third-order valence-electron chi connectivity index (χ3n) is 5.52. The van der Waals surface area contributed by atoms with Crippen molar-refractivity contribution in [1.29, 1.82) is 0 Å². The zero-order valence-corrected chi connectivity index (χ0v) is 17.8. The zero-order chi connectivity index (χ0) is 20.8. The molecule has 2 heterocycles. The number of carbonyl (C=O) groups excluding carboxylic acids is 2. The predicted octanol–water partition coefficient (Wildman–Crippen LogP) is 3.66. The molecule has 2 amide bonds. The number of aryl methyl sites for hydroxylation is 2. The number of aromatic nitrogens is 1. The zero-order valence-electron chi connectivity index (χ0n) is 17.1. The number of nitrogens with one attached hydrogen (secondary N) is 2. The third-order valence-corrected chi connectivity index (χ3v) is 5.75. The molecule has 1 atom stereocenters. The number of halogens is 1. The van der Waals surface area contributed by atoms with Gasteiger partial charge in [0.2, 0.25) is 0 Å². The van der Waals surface area contributed by atoms with Crippen molar-refractivity contribution in [3.63, 3.8) is 0 Å². The van der Waals surface area contributed by atoms with Gasteiger partial charge in [-0.15, -0.1) is 0 Å². The van der Waals surface area contributed by atoms with Crippen LogP contribution in [0.15, 0.2) is 36.5 Å². The highest BCUT2D eigenvalue weighted by molar-refractivity contribution is 6.40. The van der Waals surface area contributed by atoms with Gasteiger partial charge in [-0.05, 0) is 62.7 Å². The van der Waals surface area contributed by atoms with Gasteiger partial charge in [0, 0.05) is 36.2 Å². The normalized spacial score (nSPS) is 16.1. The van der Waals surface area contributed by atoms with Crippen LogP contribution in [0.3, 0.4) is 0 Å². The minimum absolute atomic E-state index is 0.0396. The van der Waals surface area contributed by atoms with E-state index < -0.39 is 11.8 Å². The van der Waals surface area contributed by atoms with Crippen molar-refractivity contribution in [2.45, 2.75) is 38.6 Å². The van der Waals surface area contributed by atoms with Crippen LogP contribution < -0.4 is 10.6 Å². The molecule has 1 aliphatic rings. The second-order valence-electron chi connectivity index (χ2n) is 7.63. The lowest BCUT2D eigenvalue weighted by atomic mass is 10.1. The number of amides is 2. The summed E-state index contributed by atoms with van der Waals surface area (Å²) in [6, 6.07) is 9.33. The molecule has 0 spiro atoms. The molecule has 1 aromatic heterocycles. The summed E-state index contributed by atoms with van der Waals surface area (Å²) in [5.41, 5.74) is 2.53. The fourth-order valence-corrected chi connectivity index (χ4v) is 4.00. The molecule has 1 aliphatic heterocycles. The van der Waals surface area contributed by atoms with Crippen LogP contribution in [0.2, 0.25) is 5.02 Å². The maximum absolute atomic E-state index is 12.5. The predicted molar refractivity (Wildman–Crippen MR) is 116 cm³/mol. The van der Waals surface area contributed by atoms with E-state index in [1.807, 2.05) is 26.2 Å². The SMILES string of the molecule is Cc1ccc(Cl)cc1NC(=O)C(=O)NCC(c1cccn1C)N1CCCCCC1. The van der Waals surface area contributed by atoms with Gasteiger partial charge in [0.15, 0.2) is 0 Å². The van der Waals surface area contributed by atoms with Gasteiger partial charge in [-0.3, -0.25) is 14.5 Å². The Hall–Kier alpha value is -2.31.